The van der Waals surface area contributed by atoms with E-state index in [1.807, 2.05) is 36.4 Å². The molecule has 1 amide bonds. The van der Waals surface area contributed by atoms with Gasteiger partial charge in [0.1, 0.15) is 22.2 Å². The minimum Gasteiger partial charge on any atom is -0.494 e. The summed E-state index contributed by atoms with van der Waals surface area (Å²) in [7, 11) is 0. The Labute approximate surface area is 212 Å². The number of para-hydroxylation sites is 1. The van der Waals surface area contributed by atoms with Crippen LogP contribution in [0, 0.1) is 11.3 Å². The Kier molecular flexibility index (Phi) is 8.16. The van der Waals surface area contributed by atoms with Gasteiger partial charge in [0.2, 0.25) is 0 Å². The molecule has 36 heavy (non-hydrogen) atoms. The molecule has 2 aromatic heterocycles. The zero-order valence-corrected chi connectivity index (χ0v) is 20.6. The smallest absolute Gasteiger partial charge is 0.273 e. The number of ether oxygens (including phenoxy) is 1. The molecule has 4 rings (SSSR count). The van der Waals surface area contributed by atoms with Gasteiger partial charge in [0.25, 0.3) is 11.5 Å². The summed E-state index contributed by atoms with van der Waals surface area (Å²) in [5.74, 6) is 0.742. The second-order valence-electron chi connectivity index (χ2n) is 7.91. The summed E-state index contributed by atoms with van der Waals surface area (Å²) in [4.78, 5) is 26.4. The fourth-order valence-corrected chi connectivity index (χ4v) is 4.57. The average Bonchev–Trinajstić information content (AvgIpc) is 3.53. The highest BCUT2D eigenvalue weighted by atomic mass is 32.1. The summed E-state index contributed by atoms with van der Waals surface area (Å²) in [5.41, 5.74) is 0.922. The molecule has 0 radical (unpaired) electrons. The first kappa shape index (κ1) is 24.8. The third-order valence-electron chi connectivity index (χ3n) is 5.34. The van der Waals surface area contributed by atoms with E-state index in [1.165, 1.54) is 10.8 Å². The lowest BCUT2D eigenvalue weighted by Gasteiger charge is -2.04. The molecule has 0 saturated carbocycles. The van der Waals surface area contributed by atoms with Crippen molar-refractivity contribution in [3.05, 3.63) is 104 Å². The van der Waals surface area contributed by atoms with Crippen LogP contribution in [0.15, 0.2) is 82.2 Å². The molecule has 1 N–H and O–H groups in total. The quantitative estimate of drug-likeness (QED) is 0.356. The number of carbonyl (C=O) groups is 1. The van der Waals surface area contributed by atoms with E-state index in [-0.39, 0.29) is 22.3 Å². The van der Waals surface area contributed by atoms with Gasteiger partial charge in [0, 0.05) is 0 Å². The second kappa shape index (κ2) is 11.9. The normalized spacial score (nSPS) is 12.2. The van der Waals surface area contributed by atoms with Crippen molar-refractivity contribution in [3.63, 3.8) is 0 Å². The highest BCUT2D eigenvalue weighted by molar-refractivity contribution is 7.07. The molecule has 0 unspecified atom stereocenters. The molecule has 0 aliphatic heterocycles. The number of carbonyl (C=O) groups excluding carboxylic acids is 1. The van der Waals surface area contributed by atoms with E-state index < -0.39 is 5.91 Å². The first-order valence-electron chi connectivity index (χ1n) is 11.6. The number of rotatable bonds is 9. The molecule has 0 saturated heterocycles. The van der Waals surface area contributed by atoms with Crippen molar-refractivity contribution >= 4 is 28.9 Å². The second-order valence-corrected chi connectivity index (χ2v) is 8.94. The number of amides is 1. The zero-order valence-electron chi connectivity index (χ0n) is 19.8. The van der Waals surface area contributed by atoms with Crippen LogP contribution < -0.4 is 24.8 Å². The molecule has 4 aromatic rings. The number of benzene rings is 2. The number of thiazole rings is 1. The van der Waals surface area contributed by atoms with E-state index in [9.17, 15) is 14.9 Å². The zero-order chi connectivity index (χ0) is 25.3. The van der Waals surface area contributed by atoms with Crippen LogP contribution in [0.25, 0.3) is 17.3 Å². The standard InChI is InChI=1S/C28H25N3O4S/c1-2-3-15-34-22-13-11-20(12-14-22)17-25-27(33)31(21-8-5-4-6-9-21)28(36-25)24(18-29)26(32)30-19-23-10-7-16-35-23/h4-14,16-17H,2-3,15,19H2,1H3,(H,30,32)/b25-17-,28-24-. The van der Waals surface area contributed by atoms with E-state index in [0.717, 1.165) is 35.5 Å². The van der Waals surface area contributed by atoms with Gasteiger partial charge in [0.05, 0.1) is 29.6 Å². The minimum absolute atomic E-state index is 0.129. The Balaban J connectivity index is 1.77. The predicted molar refractivity (Wildman–Crippen MR) is 139 cm³/mol. The Hall–Kier alpha value is -4.35. The largest absolute Gasteiger partial charge is 0.494 e. The number of nitrogens with zero attached hydrogens (tertiary/aromatic N) is 2. The molecule has 0 aliphatic rings. The van der Waals surface area contributed by atoms with Gasteiger partial charge < -0.3 is 14.5 Å². The monoisotopic (exact) mass is 499 g/mol. The summed E-state index contributed by atoms with van der Waals surface area (Å²) >= 11 is 1.10. The number of aromatic nitrogens is 1. The van der Waals surface area contributed by atoms with Gasteiger partial charge in [-0.15, -0.1) is 11.3 Å². The third kappa shape index (κ3) is 5.82. The fourth-order valence-electron chi connectivity index (χ4n) is 3.47. The highest BCUT2D eigenvalue weighted by Crippen LogP contribution is 2.13. The molecular formula is C28H25N3O4S. The van der Waals surface area contributed by atoms with E-state index in [4.69, 9.17) is 9.15 Å². The number of hydrogen-bond acceptors (Lipinski definition) is 6. The van der Waals surface area contributed by atoms with Crippen LogP contribution in [0.2, 0.25) is 0 Å². The minimum atomic E-state index is -0.583. The van der Waals surface area contributed by atoms with Gasteiger partial charge >= 0.3 is 0 Å². The molecule has 7 nitrogen and oxygen atoms in total. The number of furan rings is 1. The lowest BCUT2D eigenvalue weighted by molar-refractivity contribution is -0.115. The van der Waals surface area contributed by atoms with Crippen LogP contribution in [-0.2, 0) is 11.3 Å². The van der Waals surface area contributed by atoms with Crippen LogP contribution in [-0.4, -0.2) is 17.1 Å². The Morgan fingerprint density at radius 3 is 2.58 bits per heavy atom. The third-order valence-corrected chi connectivity index (χ3v) is 6.43. The lowest BCUT2D eigenvalue weighted by Crippen LogP contribution is -2.33. The summed E-state index contributed by atoms with van der Waals surface area (Å²) in [5, 5.41) is 12.6. The van der Waals surface area contributed by atoms with Crippen molar-refractivity contribution in [2.75, 3.05) is 6.61 Å². The van der Waals surface area contributed by atoms with Crippen molar-refractivity contribution in [1.82, 2.24) is 9.88 Å². The average molecular weight is 500 g/mol. The number of unbranched alkanes of at least 4 members (excludes halogenated alkanes) is 1. The predicted octanol–water partition coefficient (Wildman–Crippen LogP) is 3.49. The Morgan fingerprint density at radius 2 is 1.92 bits per heavy atom. The maximum absolute atomic E-state index is 13.5. The number of nitriles is 1. The molecule has 0 atom stereocenters. The van der Waals surface area contributed by atoms with Crippen LogP contribution in [0.4, 0.5) is 0 Å². The van der Waals surface area contributed by atoms with Crippen molar-refractivity contribution in [2.24, 2.45) is 0 Å². The van der Waals surface area contributed by atoms with E-state index >= 15 is 0 Å². The molecular weight excluding hydrogens is 474 g/mol. The summed E-state index contributed by atoms with van der Waals surface area (Å²) in [6.45, 7) is 2.89. The van der Waals surface area contributed by atoms with E-state index in [0.29, 0.717) is 22.6 Å². The first-order chi connectivity index (χ1) is 17.6. The van der Waals surface area contributed by atoms with Crippen molar-refractivity contribution < 1.29 is 13.9 Å². The Bertz CT molecular complexity index is 1530. The molecule has 182 valence electrons. The summed E-state index contributed by atoms with van der Waals surface area (Å²) < 4.78 is 13.0. The van der Waals surface area contributed by atoms with Crippen molar-refractivity contribution in [3.8, 4) is 17.5 Å². The van der Waals surface area contributed by atoms with Crippen LogP contribution in [0.5, 0.6) is 5.75 Å². The maximum atomic E-state index is 13.5. The fraction of sp³-hybridized carbons (Fsp3) is 0.179. The molecule has 0 spiro atoms. The summed E-state index contributed by atoms with van der Waals surface area (Å²) in [6.07, 6.45) is 5.30. The molecule has 0 fully saturated rings. The highest BCUT2D eigenvalue weighted by Gasteiger charge is 2.17. The van der Waals surface area contributed by atoms with Gasteiger partial charge in [-0.25, -0.2) is 0 Å². The van der Waals surface area contributed by atoms with Gasteiger partial charge in [-0.05, 0) is 54.5 Å². The van der Waals surface area contributed by atoms with Crippen LogP contribution >= 0.6 is 11.3 Å². The molecule has 0 bridgehead atoms. The first-order valence-corrected chi connectivity index (χ1v) is 12.4. The maximum Gasteiger partial charge on any atom is 0.273 e. The van der Waals surface area contributed by atoms with Crippen LogP contribution in [0.3, 0.4) is 0 Å². The van der Waals surface area contributed by atoms with Gasteiger partial charge in [0.15, 0.2) is 5.57 Å². The number of hydrogen-bond donors (Lipinski definition) is 1. The Morgan fingerprint density at radius 1 is 1.14 bits per heavy atom. The lowest BCUT2D eigenvalue weighted by atomic mass is 10.2. The van der Waals surface area contributed by atoms with Crippen molar-refractivity contribution in [2.45, 2.75) is 26.3 Å². The molecule has 2 heterocycles. The SMILES string of the molecule is CCCCOc1ccc(/C=c2\s/c(=C(/C#N)C(=O)NCc3ccco3)n(-c3ccccc3)c2=O)cc1. The van der Waals surface area contributed by atoms with Gasteiger partial charge in [-0.3, -0.25) is 14.2 Å². The number of nitrogens with one attached hydrogen (secondary N) is 1. The molecule has 2 aromatic carbocycles. The van der Waals surface area contributed by atoms with E-state index in [2.05, 4.69) is 12.2 Å². The molecule has 8 heteroatoms. The summed E-state index contributed by atoms with van der Waals surface area (Å²) in [6, 6.07) is 21.9. The van der Waals surface area contributed by atoms with Crippen LogP contribution in [0.1, 0.15) is 31.1 Å². The molecule has 0 aliphatic carbocycles. The van der Waals surface area contributed by atoms with Crippen molar-refractivity contribution in [1.29, 1.82) is 5.26 Å². The van der Waals surface area contributed by atoms with E-state index in [1.54, 1.807) is 42.5 Å². The topological polar surface area (TPSA) is 97.3 Å². The van der Waals surface area contributed by atoms with Gasteiger partial charge in [-0.1, -0.05) is 43.7 Å². The van der Waals surface area contributed by atoms with Gasteiger partial charge in [-0.2, -0.15) is 5.26 Å².